The van der Waals surface area contributed by atoms with Crippen LogP contribution in [-0.2, 0) is 14.6 Å². The van der Waals surface area contributed by atoms with E-state index in [1.165, 1.54) is 6.08 Å². The number of amidine groups is 2. The Kier molecular flexibility index (Phi) is 6.34. The molecule has 9 nitrogen and oxygen atoms in total. The highest BCUT2D eigenvalue weighted by Gasteiger charge is 2.38. The Morgan fingerprint density at radius 2 is 1.79 bits per heavy atom. The molecule has 33 heavy (non-hydrogen) atoms. The van der Waals surface area contributed by atoms with Gasteiger partial charge in [0.25, 0.3) is 5.91 Å². The van der Waals surface area contributed by atoms with Crippen molar-refractivity contribution in [1.29, 1.82) is 5.41 Å². The molecule has 0 unspecified atom stereocenters. The molecule has 0 aliphatic carbocycles. The van der Waals surface area contributed by atoms with Gasteiger partial charge in [-0.15, -0.1) is 5.10 Å². The third kappa shape index (κ3) is 5.15. The van der Waals surface area contributed by atoms with Gasteiger partial charge >= 0.3 is 0 Å². The predicted octanol–water partition coefficient (Wildman–Crippen LogP) is 3.07. The van der Waals surface area contributed by atoms with Gasteiger partial charge in [0.05, 0.1) is 5.57 Å². The number of para-hydroxylation sites is 1. The minimum atomic E-state index is -3.57. The van der Waals surface area contributed by atoms with Gasteiger partial charge in [-0.2, -0.15) is 10.0 Å². The van der Waals surface area contributed by atoms with Crippen LogP contribution in [0.15, 0.2) is 64.2 Å². The first-order valence-corrected chi connectivity index (χ1v) is 12.5. The van der Waals surface area contributed by atoms with E-state index >= 15 is 0 Å². The van der Waals surface area contributed by atoms with Crippen LogP contribution in [0.1, 0.15) is 11.1 Å². The molecule has 1 amide bonds. The number of nitrogens with zero attached hydrogens (tertiary/aromatic N) is 3. The zero-order chi connectivity index (χ0) is 23.6. The number of amides is 1. The number of nitrogens with one attached hydrogen (secondary N) is 1. The lowest BCUT2D eigenvalue weighted by molar-refractivity contribution is -0.114. The molecule has 2 aliphatic heterocycles. The fourth-order valence-electron chi connectivity index (χ4n) is 2.98. The fourth-order valence-corrected chi connectivity index (χ4v) is 4.67. The highest BCUT2D eigenvalue weighted by molar-refractivity contribution is 8.42. The number of ether oxygens (including phenoxy) is 2. The number of sulfone groups is 1. The first-order valence-electron chi connectivity index (χ1n) is 9.84. The summed E-state index contributed by atoms with van der Waals surface area (Å²) >= 11 is 0.750. The molecule has 1 N–H and O–H groups in total. The molecule has 0 fully saturated rings. The summed E-state index contributed by atoms with van der Waals surface area (Å²) < 4.78 is 34.7. The quantitative estimate of drug-likeness (QED) is 0.494. The SMILES string of the molecule is Cc1ccccc1OCCOc1ccc(/C=C2/C(=N)N3N=C(S(C)(=O)=O)SC3=NC2=O)cc1. The lowest BCUT2D eigenvalue weighted by atomic mass is 10.1. The van der Waals surface area contributed by atoms with E-state index in [4.69, 9.17) is 14.9 Å². The van der Waals surface area contributed by atoms with E-state index in [1.54, 1.807) is 24.3 Å². The number of carbonyl (C=O) groups excluding carboxylic acids is 1. The molecular formula is C22H20N4O5S2. The predicted molar refractivity (Wildman–Crippen MR) is 128 cm³/mol. The van der Waals surface area contributed by atoms with Crippen LogP contribution in [0.3, 0.4) is 0 Å². The second-order valence-corrected chi connectivity index (χ2v) is 10.3. The molecule has 0 aromatic heterocycles. The van der Waals surface area contributed by atoms with Crippen molar-refractivity contribution in [2.24, 2.45) is 10.1 Å². The van der Waals surface area contributed by atoms with Gasteiger partial charge in [0.1, 0.15) is 24.7 Å². The number of rotatable bonds is 6. The Labute approximate surface area is 195 Å². The maximum atomic E-state index is 12.4. The van der Waals surface area contributed by atoms with Gasteiger partial charge in [0.2, 0.25) is 19.4 Å². The van der Waals surface area contributed by atoms with Crippen molar-refractivity contribution in [3.8, 4) is 11.5 Å². The number of aryl methyl sites for hydroxylation is 1. The summed E-state index contributed by atoms with van der Waals surface area (Å²) in [6, 6.07) is 14.7. The summed E-state index contributed by atoms with van der Waals surface area (Å²) in [5, 5.41) is 13.3. The molecular weight excluding hydrogens is 464 g/mol. The minimum absolute atomic E-state index is 0.0122. The van der Waals surface area contributed by atoms with Crippen LogP contribution in [0.5, 0.6) is 11.5 Å². The second-order valence-electron chi connectivity index (χ2n) is 7.19. The lowest BCUT2D eigenvalue weighted by Crippen LogP contribution is -2.35. The van der Waals surface area contributed by atoms with Gasteiger partial charge in [-0.25, -0.2) is 8.42 Å². The summed E-state index contributed by atoms with van der Waals surface area (Å²) in [4.78, 5) is 16.3. The number of carbonyl (C=O) groups is 1. The average molecular weight is 485 g/mol. The van der Waals surface area contributed by atoms with Crippen molar-refractivity contribution in [3.05, 3.63) is 65.2 Å². The van der Waals surface area contributed by atoms with Crippen LogP contribution in [-0.4, -0.2) is 54.2 Å². The van der Waals surface area contributed by atoms with E-state index in [-0.39, 0.29) is 21.0 Å². The summed E-state index contributed by atoms with van der Waals surface area (Å²) in [5.41, 5.74) is 1.72. The molecule has 170 valence electrons. The van der Waals surface area contributed by atoms with Gasteiger partial charge in [0.15, 0.2) is 5.84 Å². The third-order valence-corrected chi connectivity index (χ3v) is 7.22. The molecule has 2 aromatic carbocycles. The molecule has 0 saturated heterocycles. The number of benzene rings is 2. The monoisotopic (exact) mass is 484 g/mol. The van der Waals surface area contributed by atoms with Gasteiger partial charge in [-0.3, -0.25) is 10.2 Å². The van der Waals surface area contributed by atoms with Gasteiger partial charge in [0, 0.05) is 6.26 Å². The maximum absolute atomic E-state index is 12.4. The van der Waals surface area contributed by atoms with Crippen molar-refractivity contribution >= 4 is 49.0 Å². The number of fused-ring (bicyclic) bond motifs is 1. The molecule has 0 radical (unpaired) electrons. The normalized spacial score (nSPS) is 17.0. The molecule has 0 atom stereocenters. The first-order chi connectivity index (χ1) is 15.7. The van der Waals surface area contributed by atoms with Crippen LogP contribution in [0.4, 0.5) is 0 Å². The van der Waals surface area contributed by atoms with Crippen LogP contribution in [0.2, 0.25) is 0 Å². The lowest BCUT2D eigenvalue weighted by Gasteiger charge is -2.20. The standard InChI is InChI=1S/C22H20N4O5S2/c1-14-5-3-4-6-18(14)31-12-11-30-16-9-7-15(8-10-16)13-17-19(23)26-21(24-20(17)27)32-22(25-26)33(2,28)29/h3-10,13,23H,11-12H2,1-2H3/b17-13-,23-19?. The molecule has 2 aliphatic rings. The molecule has 11 heteroatoms. The van der Waals surface area contributed by atoms with Crippen LogP contribution < -0.4 is 9.47 Å². The van der Waals surface area contributed by atoms with Crippen LogP contribution in [0.25, 0.3) is 6.08 Å². The van der Waals surface area contributed by atoms with Crippen molar-refractivity contribution < 1.29 is 22.7 Å². The van der Waals surface area contributed by atoms with Crippen molar-refractivity contribution in [2.45, 2.75) is 6.92 Å². The van der Waals surface area contributed by atoms with Gasteiger partial charge in [-0.05, 0) is 54.1 Å². The van der Waals surface area contributed by atoms with E-state index in [1.807, 2.05) is 31.2 Å². The summed E-state index contributed by atoms with van der Waals surface area (Å²) in [6.45, 7) is 2.74. The Morgan fingerprint density at radius 1 is 1.09 bits per heavy atom. The topological polar surface area (TPSA) is 121 Å². The van der Waals surface area contributed by atoms with E-state index in [2.05, 4.69) is 10.1 Å². The highest BCUT2D eigenvalue weighted by Crippen LogP contribution is 2.30. The highest BCUT2D eigenvalue weighted by atomic mass is 32.3. The van der Waals surface area contributed by atoms with Crippen LogP contribution in [0, 0.1) is 12.3 Å². The number of hydrogen-bond acceptors (Lipinski definition) is 8. The first kappa shape index (κ1) is 22.7. The smallest absolute Gasteiger partial charge is 0.283 e. The number of hydrazone groups is 1. The number of hydrogen-bond donors (Lipinski definition) is 1. The van der Waals surface area contributed by atoms with E-state index in [9.17, 15) is 13.2 Å². The third-order valence-electron chi connectivity index (χ3n) is 4.65. The molecule has 0 saturated carbocycles. The van der Waals surface area contributed by atoms with Crippen molar-refractivity contribution in [3.63, 3.8) is 0 Å². The minimum Gasteiger partial charge on any atom is -0.490 e. The molecule has 0 spiro atoms. The molecule has 0 bridgehead atoms. The molecule has 2 aromatic rings. The Hall–Kier alpha value is -3.44. The largest absolute Gasteiger partial charge is 0.490 e. The summed E-state index contributed by atoms with van der Waals surface area (Å²) in [7, 11) is -3.57. The van der Waals surface area contributed by atoms with Crippen molar-refractivity contribution in [2.75, 3.05) is 19.5 Å². The Balaban J connectivity index is 1.39. The van der Waals surface area contributed by atoms with Crippen LogP contribution >= 0.6 is 11.8 Å². The van der Waals surface area contributed by atoms with E-state index < -0.39 is 15.7 Å². The zero-order valence-corrected chi connectivity index (χ0v) is 19.4. The average Bonchev–Trinajstić information content (AvgIpc) is 3.21. The second kappa shape index (κ2) is 9.20. The number of thioether (sulfide) groups is 1. The van der Waals surface area contributed by atoms with Gasteiger partial charge in [-0.1, -0.05) is 30.3 Å². The Bertz CT molecular complexity index is 1310. The molecule has 2 heterocycles. The maximum Gasteiger partial charge on any atom is 0.283 e. The zero-order valence-electron chi connectivity index (χ0n) is 17.8. The van der Waals surface area contributed by atoms with Gasteiger partial charge < -0.3 is 9.47 Å². The Morgan fingerprint density at radius 3 is 2.48 bits per heavy atom. The summed E-state index contributed by atoms with van der Waals surface area (Å²) in [5.74, 6) is 0.592. The summed E-state index contributed by atoms with van der Waals surface area (Å²) in [6.07, 6.45) is 2.52. The van der Waals surface area contributed by atoms with E-state index in [0.29, 0.717) is 24.5 Å². The fraction of sp³-hybridized carbons (Fsp3) is 0.182. The van der Waals surface area contributed by atoms with E-state index in [0.717, 1.165) is 34.3 Å². The molecule has 4 rings (SSSR count). The number of aliphatic imine (C=N–C) groups is 1. The van der Waals surface area contributed by atoms with Crippen molar-refractivity contribution in [1.82, 2.24) is 5.01 Å².